The highest BCUT2D eigenvalue weighted by Gasteiger charge is 2.29. The molecule has 3 nitrogen and oxygen atoms in total. The Morgan fingerprint density at radius 2 is 2.39 bits per heavy atom. The molecular weight excluding hydrogens is 336 g/mol. The number of nitrogens with two attached hydrogens (primary N) is 1. The molecule has 6 heteroatoms. The minimum atomic E-state index is -0.0391. The molecule has 2 heterocycles. The van der Waals surface area contributed by atoms with Gasteiger partial charge in [-0.05, 0) is 53.9 Å². The van der Waals surface area contributed by atoms with Gasteiger partial charge in [-0.1, -0.05) is 0 Å². The lowest BCUT2D eigenvalue weighted by atomic mass is 10.1. The van der Waals surface area contributed by atoms with Gasteiger partial charge < -0.3 is 10.6 Å². The van der Waals surface area contributed by atoms with E-state index in [1.165, 1.54) is 0 Å². The lowest BCUT2D eigenvalue weighted by molar-refractivity contribution is -0.131. The van der Waals surface area contributed by atoms with Crippen LogP contribution in [-0.4, -0.2) is 30.4 Å². The number of hydrogen-bond donors (Lipinski definition) is 1. The number of likely N-dealkylation sites (tertiary alicyclic amines) is 1. The highest BCUT2D eigenvalue weighted by Crippen LogP contribution is 2.30. The first-order valence-electron chi connectivity index (χ1n) is 5.86. The molecule has 1 aromatic rings. The molecule has 1 fully saturated rings. The molecule has 102 valence electrons. The van der Waals surface area contributed by atoms with Crippen LogP contribution in [0.5, 0.6) is 0 Å². The van der Waals surface area contributed by atoms with Crippen LogP contribution in [0.2, 0.25) is 0 Å². The molecule has 0 saturated carbocycles. The van der Waals surface area contributed by atoms with Crippen LogP contribution in [0, 0.1) is 5.92 Å². The zero-order valence-electron chi connectivity index (χ0n) is 10.3. The number of halogens is 2. The Balaban J connectivity index is 0.00000162. The quantitative estimate of drug-likeness (QED) is 0.908. The summed E-state index contributed by atoms with van der Waals surface area (Å²) in [5.41, 5.74) is 5.64. The lowest BCUT2D eigenvalue weighted by Gasteiger charge is -2.20. The van der Waals surface area contributed by atoms with E-state index in [-0.39, 0.29) is 24.2 Å². The van der Waals surface area contributed by atoms with Gasteiger partial charge in [0.2, 0.25) is 5.91 Å². The maximum Gasteiger partial charge on any atom is 0.230 e. The van der Waals surface area contributed by atoms with Crippen LogP contribution in [0.25, 0.3) is 0 Å². The summed E-state index contributed by atoms with van der Waals surface area (Å²) < 4.78 is 1.08. The van der Waals surface area contributed by atoms with Crippen molar-refractivity contribution in [3.8, 4) is 0 Å². The van der Waals surface area contributed by atoms with E-state index in [0.29, 0.717) is 12.5 Å². The Morgan fingerprint density at radius 1 is 1.67 bits per heavy atom. The smallest absolute Gasteiger partial charge is 0.230 e. The Hall–Kier alpha value is -0.100. The number of hydrogen-bond acceptors (Lipinski definition) is 3. The molecule has 1 aliphatic rings. The van der Waals surface area contributed by atoms with Gasteiger partial charge in [-0.2, -0.15) is 0 Å². The third-order valence-electron chi connectivity index (χ3n) is 3.32. The van der Waals surface area contributed by atoms with Gasteiger partial charge in [-0.3, -0.25) is 4.79 Å². The molecule has 18 heavy (non-hydrogen) atoms. The third-order valence-corrected chi connectivity index (χ3v) is 5.13. The van der Waals surface area contributed by atoms with Crippen molar-refractivity contribution in [1.82, 2.24) is 4.90 Å². The first-order valence-corrected chi connectivity index (χ1v) is 7.47. The van der Waals surface area contributed by atoms with Gasteiger partial charge in [0.1, 0.15) is 0 Å². The van der Waals surface area contributed by atoms with Crippen molar-refractivity contribution in [2.75, 3.05) is 19.6 Å². The second-order valence-corrected chi connectivity index (χ2v) is 7.03. The summed E-state index contributed by atoms with van der Waals surface area (Å²) in [6.07, 6.45) is 1.04. The van der Waals surface area contributed by atoms with Crippen LogP contribution in [0.4, 0.5) is 0 Å². The maximum atomic E-state index is 12.3. The Labute approximate surface area is 126 Å². The first kappa shape index (κ1) is 16.0. The summed E-state index contributed by atoms with van der Waals surface area (Å²) in [6.45, 7) is 4.35. The van der Waals surface area contributed by atoms with Crippen molar-refractivity contribution in [2.24, 2.45) is 11.7 Å². The number of amides is 1. The minimum absolute atomic E-state index is 0. The minimum Gasteiger partial charge on any atom is -0.342 e. The molecule has 2 atom stereocenters. The van der Waals surface area contributed by atoms with Crippen LogP contribution in [-0.2, 0) is 4.79 Å². The van der Waals surface area contributed by atoms with E-state index in [0.717, 1.165) is 28.2 Å². The molecule has 1 aromatic heterocycles. The molecule has 1 saturated heterocycles. The van der Waals surface area contributed by atoms with Crippen LogP contribution in [0.1, 0.15) is 24.1 Å². The standard InChI is InChI=1S/C12H17BrN2OS.ClH/c1-8(10-2-3-11(13)17-10)12(16)15-5-4-9(6-14)7-15;/h2-3,8-9H,4-7,14H2,1H3;1H. The Morgan fingerprint density at radius 3 is 2.89 bits per heavy atom. The van der Waals surface area contributed by atoms with Crippen molar-refractivity contribution in [1.29, 1.82) is 0 Å². The molecule has 2 N–H and O–H groups in total. The van der Waals surface area contributed by atoms with Crippen molar-refractivity contribution in [2.45, 2.75) is 19.3 Å². The molecule has 2 rings (SSSR count). The first-order chi connectivity index (χ1) is 8.11. The number of rotatable bonds is 3. The summed E-state index contributed by atoms with van der Waals surface area (Å²) in [4.78, 5) is 15.4. The molecule has 0 aromatic carbocycles. The average Bonchev–Trinajstić information content (AvgIpc) is 2.95. The molecule has 1 aliphatic heterocycles. The zero-order chi connectivity index (χ0) is 12.4. The second-order valence-electron chi connectivity index (χ2n) is 4.54. The monoisotopic (exact) mass is 352 g/mol. The summed E-state index contributed by atoms with van der Waals surface area (Å²) in [7, 11) is 0. The van der Waals surface area contributed by atoms with Gasteiger partial charge in [0.25, 0.3) is 0 Å². The highest BCUT2D eigenvalue weighted by atomic mass is 79.9. The molecular formula is C12H18BrClN2OS. The van der Waals surface area contributed by atoms with Crippen molar-refractivity contribution in [3.63, 3.8) is 0 Å². The third kappa shape index (κ3) is 3.47. The van der Waals surface area contributed by atoms with E-state index in [9.17, 15) is 4.79 Å². The number of nitrogens with zero attached hydrogens (tertiary/aromatic N) is 1. The van der Waals surface area contributed by atoms with E-state index >= 15 is 0 Å². The Kier molecular flexibility index (Phi) is 6.11. The van der Waals surface area contributed by atoms with Crippen LogP contribution < -0.4 is 5.73 Å². The predicted octanol–water partition coefficient (Wildman–Crippen LogP) is 2.84. The van der Waals surface area contributed by atoms with Crippen molar-refractivity contribution >= 4 is 45.6 Å². The van der Waals surface area contributed by atoms with Gasteiger partial charge in [-0.15, -0.1) is 23.7 Å². The van der Waals surface area contributed by atoms with Crippen molar-refractivity contribution < 1.29 is 4.79 Å². The van der Waals surface area contributed by atoms with Gasteiger partial charge >= 0.3 is 0 Å². The van der Waals surface area contributed by atoms with Crippen LogP contribution in [0.15, 0.2) is 15.9 Å². The van der Waals surface area contributed by atoms with E-state index < -0.39 is 0 Å². The number of thiophene rings is 1. The SMILES string of the molecule is CC(C(=O)N1CCC(CN)C1)c1ccc(Br)s1.Cl. The van der Waals surface area contributed by atoms with Crippen LogP contribution in [0.3, 0.4) is 0 Å². The van der Waals surface area contributed by atoms with Gasteiger partial charge in [-0.25, -0.2) is 0 Å². The summed E-state index contributed by atoms with van der Waals surface area (Å²) >= 11 is 5.06. The fraction of sp³-hybridized carbons (Fsp3) is 0.583. The van der Waals surface area contributed by atoms with Crippen LogP contribution >= 0.6 is 39.7 Å². The topological polar surface area (TPSA) is 46.3 Å². The fourth-order valence-corrected chi connectivity index (χ4v) is 3.65. The fourth-order valence-electron chi connectivity index (χ4n) is 2.18. The zero-order valence-corrected chi connectivity index (χ0v) is 13.5. The van der Waals surface area contributed by atoms with E-state index in [1.807, 2.05) is 24.0 Å². The maximum absolute atomic E-state index is 12.3. The lowest BCUT2D eigenvalue weighted by Crippen LogP contribution is -2.32. The van der Waals surface area contributed by atoms with Gasteiger partial charge in [0.15, 0.2) is 0 Å². The second kappa shape index (κ2) is 6.89. The Bertz CT molecular complexity index is 413. The van der Waals surface area contributed by atoms with E-state index in [2.05, 4.69) is 15.9 Å². The van der Waals surface area contributed by atoms with Gasteiger partial charge in [0, 0.05) is 18.0 Å². The molecule has 0 bridgehead atoms. The highest BCUT2D eigenvalue weighted by molar-refractivity contribution is 9.11. The van der Waals surface area contributed by atoms with E-state index in [1.54, 1.807) is 11.3 Å². The largest absolute Gasteiger partial charge is 0.342 e. The number of carbonyl (C=O) groups is 1. The molecule has 0 radical (unpaired) electrons. The predicted molar refractivity (Wildman–Crippen MR) is 81.4 cm³/mol. The molecule has 0 spiro atoms. The van der Waals surface area contributed by atoms with E-state index in [4.69, 9.17) is 5.73 Å². The summed E-state index contributed by atoms with van der Waals surface area (Å²) in [5, 5.41) is 0. The number of carbonyl (C=O) groups excluding carboxylic acids is 1. The summed E-state index contributed by atoms with van der Waals surface area (Å²) in [5.74, 6) is 0.680. The normalized spacial score (nSPS) is 20.6. The molecule has 0 aliphatic carbocycles. The van der Waals surface area contributed by atoms with Crippen molar-refractivity contribution in [3.05, 3.63) is 20.8 Å². The molecule has 1 amide bonds. The average molecular weight is 354 g/mol. The molecule has 2 unspecified atom stereocenters. The summed E-state index contributed by atoms with van der Waals surface area (Å²) in [6, 6.07) is 4.02. The van der Waals surface area contributed by atoms with Gasteiger partial charge in [0.05, 0.1) is 9.70 Å².